The highest BCUT2D eigenvalue weighted by molar-refractivity contribution is 5.50. The van der Waals surface area contributed by atoms with Crippen molar-refractivity contribution in [1.29, 1.82) is 0 Å². The van der Waals surface area contributed by atoms with Crippen LogP contribution < -0.4 is 10.5 Å². The first-order valence-corrected chi connectivity index (χ1v) is 6.18. The van der Waals surface area contributed by atoms with E-state index in [4.69, 9.17) is 10.5 Å². The summed E-state index contributed by atoms with van der Waals surface area (Å²) in [5, 5.41) is 0. The molecule has 0 aliphatic rings. The monoisotopic (exact) mass is 242 g/mol. The van der Waals surface area contributed by atoms with E-state index in [-0.39, 0.29) is 0 Å². The number of aryl methyl sites for hydroxylation is 2. The number of hydrogen-bond donors (Lipinski definition) is 1. The fourth-order valence-electron chi connectivity index (χ4n) is 1.79. The molecule has 0 aliphatic carbocycles. The molecule has 3 nitrogen and oxygen atoms in total. The highest BCUT2D eigenvalue weighted by Crippen LogP contribution is 2.25. The van der Waals surface area contributed by atoms with Gasteiger partial charge in [-0.25, -0.2) is 4.98 Å². The molecule has 2 N–H and O–H groups in total. The average molecular weight is 242 g/mol. The number of anilines is 1. The van der Waals surface area contributed by atoms with Gasteiger partial charge >= 0.3 is 0 Å². The van der Waals surface area contributed by atoms with E-state index < -0.39 is 0 Å². The van der Waals surface area contributed by atoms with Crippen LogP contribution >= 0.6 is 0 Å². The van der Waals surface area contributed by atoms with E-state index in [1.165, 1.54) is 5.56 Å². The van der Waals surface area contributed by atoms with Gasteiger partial charge in [-0.3, -0.25) is 0 Å². The minimum Gasteiger partial charge on any atom is -0.437 e. The average Bonchev–Trinajstić information content (AvgIpc) is 2.35. The number of nitrogen functional groups attached to an aromatic ring is 1. The van der Waals surface area contributed by atoms with Crippen molar-refractivity contribution in [1.82, 2.24) is 4.98 Å². The zero-order chi connectivity index (χ0) is 13.0. The number of ether oxygens (including phenoxy) is 1. The molecule has 0 bridgehead atoms. The summed E-state index contributed by atoms with van der Waals surface area (Å²) in [6, 6.07) is 9.90. The predicted octanol–water partition coefficient (Wildman–Crippen LogP) is 3.72. The van der Waals surface area contributed by atoms with E-state index in [9.17, 15) is 0 Å². The van der Waals surface area contributed by atoms with E-state index >= 15 is 0 Å². The summed E-state index contributed by atoms with van der Waals surface area (Å²) in [4.78, 5) is 4.18. The molecule has 0 saturated heterocycles. The highest BCUT2D eigenvalue weighted by atomic mass is 16.5. The molecule has 0 saturated carbocycles. The third-order valence-corrected chi connectivity index (χ3v) is 2.69. The summed E-state index contributed by atoms with van der Waals surface area (Å²) in [6.07, 6.45) is 3.98. The van der Waals surface area contributed by atoms with Gasteiger partial charge in [-0.05, 0) is 42.7 Å². The molecule has 2 aromatic rings. The smallest absolute Gasteiger partial charge is 0.242 e. The number of nitrogens with two attached hydrogens (primary N) is 1. The molecule has 0 unspecified atom stereocenters. The van der Waals surface area contributed by atoms with Gasteiger partial charge in [0.15, 0.2) is 0 Å². The van der Waals surface area contributed by atoms with Crippen LogP contribution in [0.2, 0.25) is 0 Å². The Morgan fingerprint density at radius 2 is 1.94 bits per heavy atom. The van der Waals surface area contributed by atoms with E-state index in [0.29, 0.717) is 11.6 Å². The first-order valence-electron chi connectivity index (χ1n) is 6.18. The first kappa shape index (κ1) is 12.4. The summed E-state index contributed by atoms with van der Waals surface area (Å²) < 4.78 is 5.66. The molecule has 2 rings (SSSR count). The van der Waals surface area contributed by atoms with Crippen LogP contribution in [0, 0.1) is 6.92 Å². The van der Waals surface area contributed by atoms with Crippen molar-refractivity contribution in [3.8, 4) is 11.6 Å². The molecule has 1 heterocycles. The molecule has 0 atom stereocenters. The van der Waals surface area contributed by atoms with Gasteiger partial charge in [0.1, 0.15) is 5.75 Å². The van der Waals surface area contributed by atoms with Crippen LogP contribution in [-0.4, -0.2) is 4.98 Å². The molecule has 0 radical (unpaired) electrons. The number of aromatic nitrogens is 1. The van der Waals surface area contributed by atoms with Crippen molar-refractivity contribution in [2.24, 2.45) is 0 Å². The van der Waals surface area contributed by atoms with Crippen LogP contribution in [0.4, 0.5) is 5.69 Å². The lowest BCUT2D eigenvalue weighted by Crippen LogP contribution is -1.95. The number of pyridine rings is 1. The molecule has 0 spiro atoms. The maximum absolute atomic E-state index is 5.86. The molecule has 3 heteroatoms. The number of hydrogen-bond acceptors (Lipinski definition) is 3. The second-order valence-electron chi connectivity index (χ2n) is 4.40. The Bertz CT molecular complexity index is 521. The van der Waals surface area contributed by atoms with Gasteiger partial charge in [0.25, 0.3) is 0 Å². The van der Waals surface area contributed by atoms with Crippen LogP contribution in [-0.2, 0) is 6.42 Å². The lowest BCUT2D eigenvalue weighted by Gasteiger charge is -2.08. The second kappa shape index (κ2) is 5.54. The minimum atomic E-state index is 0.462. The largest absolute Gasteiger partial charge is 0.437 e. The van der Waals surface area contributed by atoms with Crippen LogP contribution in [0.15, 0.2) is 36.5 Å². The molecule has 0 amide bonds. The molecule has 18 heavy (non-hydrogen) atoms. The van der Waals surface area contributed by atoms with Gasteiger partial charge in [0.2, 0.25) is 5.88 Å². The SMILES string of the molecule is CCCc1ccc(Oc2ncc(C)cc2N)cc1. The van der Waals surface area contributed by atoms with Gasteiger partial charge in [-0.15, -0.1) is 0 Å². The van der Waals surface area contributed by atoms with Crippen LogP contribution in [0.3, 0.4) is 0 Å². The summed E-state index contributed by atoms with van der Waals surface area (Å²) in [5.74, 6) is 1.22. The Hall–Kier alpha value is -2.03. The van der Waals surface area contributed by atoms with Gasteiger partial charge in [0.05, 0.1) is 5.69 Å². The van der Waals surface area contributed by atoms with Crippen molar-refractivity contribution < 1.29 is 4.74 Å². The van der Waals surface area contributed by atoms with Crippen molar-refractivity contribution >= 4 is 5.69 Å². The fourth-order valence-corrected chi connectivity index (χ4v) is 1.79. The Balaban J connectivity index is 2.13. The number of benzene rings is 1. The lowest BCUT2D eigenvalue weighted by atomic mass is 10.1. The third-order valence-electron chi connectivity index (χ3n) is 2.69. The first-order chi connectivity index (χ1) is 8.69. The van der Waals surface area contributed by atoms with Crippen molar-refractivity contribution in [3.63, 3.8) is 0 Å². The van der Waals surface area contributed by atoms with E-state index in [1.54, 1.807) is 6.20 Å². The maximum atomic E-state index is 5.86. The number of rotatable bonds is 4. The zero-order valence-corrected chi connectivity index (χ0v) is 10.8. The normalized spacial score (nSPS) is 10.3. The van der Waals surface area contributed by atoms with E-state index in [0.717, 1.165) is 24.2 Å². The molecule has 0 aliphatic heterocycles. The summed E-state index contributed by atoms with van der Waals surface area (Å²) in [6.45, 7) is 4.12. The second-order valence-corrected chi connectivity index (χ2v) is 4.40. The topological polar surface area (TPSA) is 48.1 Å². The van der Waals surface area contributed by atoms with Crippen molar-refractivity contribution in [2.75, 3.05) is 5.73 Å². The van der Waals surface area contributed by atoms with Gasteiger partial charge in [0, 0.05) is 6.20 Å². The molecular weight excluding hydrogens is 224 g/mol. The Morgan fingerprint density at radius 1 is 1.22 bits per heavy atom. The van der Waals surface area contributed by atoms with Crippen LogP contribution in [0.25, 0.3) is 0 Å². The van der Waals surface area contributed by atoms with Crippen LogP contribution in [0.5, 0.6) is 11.6 Å². The van der Waals surface area contributed by atoms with Crippen molar-refractivity contribution in [3.05, 3.63) is 47.7 Å². The third kappa shape index (κ3) is 3.00. The molecule has 94 valence electrons. The van der Waals surface area contributed by atoms with Gasteiger partial charge in [-0.2, -0.15) is 0 Å². The fraction of sp³-hybridized carbons (Fsp3) is 0.267. The van der Waals surface area contributed by atoms with Gasteiger partial charge in [-0.1, -0.05) is 25.5 Å². The molecule has 1 aromatic heterocycles. The summed E-state index contributed by atoms with van der Waals surface area (Å²) >= 11 is 0. The predicted molar refractivity (Wildman–Crippen MR) is 73.9 cm³/mol. The highest BCUT2D eigenvalue weighted by Gasteiger charge is 2.04. The molecular formula is C15H18N2O. The number of nitrogens with zero attached hydrogens (tertiary/aromatic N) is 1. The lowest BCUT2D eigenvalue weighted by molar-refractivity contribution is 0.465. The standard InChI is InChI=1S/C15H18N2O/c1-3-4-12-5-7-13(8-6-12)18-15-14(16)9-11(2)10-17-15/h5-10H,3-4,16H2,1-2H3. The van der Waals surface area contributed by atoms with Gasteiger partial charge < -0.3 is 10.5 Å². The maximum Gasteiger partial charge on any atom is 0.242 e. The Morgan fingerprint density at radius 3 is 2.56 bits per heavy atom. The zero-order valence-electron chi connectivity index (χ0n) is 10.8. The van der Waals surface area contributed by atoms with Crippen molar-refractivity contribution in [2.45, 2.75) is 26.7 Å². The molecule has 1 aromatic carbocycles. The quantitative estimate of drug-likeness (QED) is 0.889. The van der Waals surface area contributed by atoms with E-state index in [2.05, 4.69) is 24.0 Å². The molecule has 0 fully saturated rings. The Labute approximate surface area is 108 Å². The summed E-state index contributed by atoms with van der Waals surface area (Å²) in [7, 11) is 0. The minimum absolute atomic E-state index is 0.462. The summed E-state index contributed by atoms with van der Waals surface area (Å²) in [5.41, 5.74) is 8.76. The van der Waals surface area contributed by atoms with Crippen LogP contribution in [0.1, 0.15) is 24.5 Å². The Kier molecular flexibility index (Phi) is 3.82. The van der Waals surface area contributed by atoms with E-state index in [1.807, 2.05) is 25.1 Å².